The molecule has 164 valence electrons. The quantitative estimate of drug-likeness (QED) is 0.367. The third-order valence-electron chi connectivity index (χ3n) is 4.61. The van der Waals surface area contributed by atoms with Gasteiger partial charge in [0, 0.05) is 17.0 Å². The number of benzene rings is 3. The number of rotatable bonds is 9. The van der Waals surface area contributed by atoms with Crippen molar-refractivity contribution in [2.75, 3.05) is 18.2 Å². The molecule has 3 aromatic carbocycles. The minimum Gasteiger partial charge on any atom is -0.497 e. The van der Waals surface area contributed by atoms with Gasteiger partial charge >= 0.3 is 0 Å². The molecule has 0 aliphatic rings. The van der Waals surface area contributed by atoms with Crippen molar-refractivity contribution in [2.24, 2.45) is 5.10 Å². The van der Waals surface area contributed by atoms with Crippen LogP contribution >= 0.6 is 11.8 Å². The van der Waals surface area contributed by atoms with E-state index in [1.54, 1.807) is 19.2 Å². The second-order valence-corrected chi connectivity index (χ2v) is 7.96. The Balaban J connectivity index is 1.45. The fourth-order valence-electron chi connectivity index (χ4n) is 2.81. The molecule has 0 aromatic heterocycles. The van der Waals surface area contributed by atoms with Crippen molar-refractivity contribution >= 4 is 35.0 Å². The van der Waals surface area contributed by atoms with E-state index in [1.165, 1.54) is 11.8 Å². The highest BCUT2D eigenvalue weighted by molar-refractivity contribution is 7.99. The van der Waals surface area contributed by atoms with E-state index in [0.717, 1.165) is 22.6 Å². The molecule has 0 aliphatic heterocycles. The first-order valence-electron chi connectivity index (χ1n) is 10.1. The van der Waals surface area contributed by atoms with Crippen molar-refractivity contribution < 1.29 is 14.3 Å². The Morgan fingerprint density at radius 2 is 1.59 bits per heavy atom. The van der Waals surface area contributed by atoms with Crippen LogP contribution in [0.5, 0.6) is 5.75 Å². The number of thioether (sulfide) groups is 1. The molecule has 3 aromatic rings. The first-order valence-corrected chi connectivity index (χ1v) is 11.2. The van der Waals surface area contributed by atoms with Gasteiger partial charge in [-0.1, -0.05) is 42.5 Å². The molecule has 3 rings (SSSR count). The van der Waals surface area contributed by atoms with Crippen LogP contribution < -0.4 is 15.5 Å². The van der Waals surface area contributed by atoms with Gasteiger partial charge in [0.1, 0.15) is 5.75 Å². The average Bonchev–Trinajstić information content (AvgIpc) is 2.84. The third kappa shape index (κ3) is 6.99. The Hall–Kier alpha value is -3.58. The van der Waals surface area contributed by atoms with Crippen LogP contribution in [0.1, 0.15) is 28.4 Å². The van der Waals surface area contributed by atoms with Crippen molar-refractivity contribution in [3.05, 3.63) is 95.6 Å². The molecular formula is C25H25N3O3S. The van der Waals surface area contributed by atoms with E-state index in [-0.39, 0.29) is 11.8 Å². The molecule has 2 N–H and O–H groups in total. The van der Waals surface area contributed by atoms with Crippen LogP contribution in [0.3, 0.4) is 0 Å². The summed E-state index contributed by atoms with van der Waals surface area (Å²) >= 11 is 1.52. The lowest BCUT2D eigenvalue weighted by atomic mass is 10.1. The maximum atomic E-state index is 12.2. The van der Waals surface area contributed by atoms with E-state index >= 15 is 0 Å². The maximum Gasteiger partial charge on any atom is 0.255 e. The summed E-state index contributed by atoms with van der Waals surface area (Å²) in [5, 5.41) is 7.04. The highest BCUT2D eigenvalue weighted by Crippen LogP contribution is 2.16. The van der Waals surface area contributed by atoms with E-state index in [2.05, 4.69) is 15.8 Å². The van der Waals surface area contributed by atoms with Crippen LogP contribution in [0.4, 0.5) is 5.69 Å². The zero-order valence-electron chi connectivity index (χ0n) is 18.0. The van der Waals surface area contributed by atoms with Crippen molar-refractivity contribution in [1.29, 1.82) is 0 Å². The monoisotopic (exact) mass is 447 g/mol. The lowest BCUT2D eigenvalue weighted by molar-refractivity contribution is -0.118. The molecule has 6 nitrogen and oxygen atoms in total. The van der Waals surface area contributed by atoms with Gasteiger partial charge in [0.15, 0.2) is 0 Å². The maximum absolute atomic E-state index is 12.2. The number of nitrogens with one attached hydrogen (secondary N) is 2. The van der Waals surface area contributed by atoms with Gasteiger partial charge in [0.05, 0.1) is 18.6 Å². The number of hydrogen-bond acceptors (Lipinski definition) is 5. The predicted molar refractivity (Wildman–Crippen MR) is 130 cm³/mol. The van der Waals surface area contributed by atoms with Crippen molar-refractivity contribution in [3.8, 4) is 5.75 Å². The number of anilines is 1. The molecule has 0 saturated heterocycles. The molecule has 0 saturated carbocycles. The summed E-state index contributed by atoms with van der Waals surface area (Å²) < 4.78 is 5.14. The van der Waals surface area contributed by atoms with Crippen LogP contribution in [0.2, 0.25) is 0 Å². The van der Waals surface area contributed by atoms with E-state index in [0.29, 0.717) is 22.7 Å². The van der Waals surface area contributed by atoms with E-state index in [9.17, 15) is 9.59 Å². The van der Waals surface area contributed by atoms with Gasteiger partial charge in [0.25, 0.3) is 5.91 Å². The lowest BCUT2D eigenvalue weighted by Gasteiger charge is -2.07. The molecule has 0 atom stereocenters. The summed E-state index contributed by atoms with van der Waals surface area (Å²) in [6.07, 6.45) is 0. The molecule has 0 bridgehead atoms. The molecule has 0 unspecified atom stereocenters. The van der Waals surface area contributed by atoms with Crippen LogP contribution in [0.25, 0.3) is 0 Å². The SMILES string of the molecule is COc1ccc(CSCC(=O)N/N=C(\C)c2ccc(NC(=O)c3ccccc3)cc2)cc1. The summed E-state index contributed by atoms with van der Waals surface area (Å²) in [5.74, 6) is 1.54. The average molecular weight is 448 g/mol. The number of ether oxygens (including phenoxy) is 1. The van der Waals surface area contributed by atoms with Crippen LogP contribution in [-0.4, -0.2) is 30.4 Å². The fourth-order valence-corrected chi connectivity index (χ4v) is 3.59. The molecule has 0 fully saturated rings. The summed E-state index contributed by atoms with van der Waals surface area (Å²) in [5.41, 5.74) is 6.54. The third-order valence-corrected chi connectivity index (χ3v) is 5.61. The number of carbonyl (C=O) groups is 2. The van der Waals surface area contributed by atoms with Crippen molar-refractivity contribution in [2.45, 2.75) is 12.7 Å². The number of methoxy groups -OCH3 is 1. The highest BCUT2D eigenvalue weighted by Gasteiger charge is 2.06. The van der Waals surface area contributed by atoms with Gasteiger partial charge in [0.2, 0.25) is 5.91 Å². The van der Waals surface area contributed by atoms with Crippen LogP contribution in [-0.2, 0) is 10.5 Å². The number of hydrogen-bond donors (Lipinski definition) is 2. The molecular weight excluding hydrogens is 422 g/mol. The topological polar surface area (TPSA) is 79.8 Å². The minimum atomic E-state index is -0.164. The molecule has 32 heavy (non-hydrogen) atoms. The first-order chi connectivity index (χ1) is 15.5. The summed E-state index contributed by atoms with van der Waals surface area (Å²) in [6, 6.07) is 24.1. The Kier molecular flexibility index (Phi) is 8.45. The zero-order chi connectivity index (χ0) is 22.8. The Morgan fingerprint density at radius 1 is 0.906 bits per heavy atom. The van der Waals surface area contributed by atoms with Crippen LogP contribution in [0.15, 0.2) is 84.0 Å². The lowest BCUT2D eigenvalue weighted by Crippen LogP contribution is -2.21. The van der Waals surface area contributed by atoms with Gasteiger partial charge in [-0.15, -0.1) is 11.8 Å². The largest absolute Gasteiger partial charge is 0.497 e. The molecule has 0 radical (unpaired) electrons. The number of amides is 2. The summed E-state index contributed by atoms with van der Waals surface area (Å²) in [7, 11) is 1.63. The molecule has 7 heteroatoms. The van der Waals surface area contributed by atoms with Gasteiger partial charge in [-0.05, 0) is 54.4 Å². The Bertz CT molecular complexity index is 1070. The zero-order valence-corrected chi connectivity index (χ0v) is 18.8. The fraction of sp³-hybridized carbons (Fsp3) is 0.160. The normalized spacial score (nSPS) is 11.0. The van der Waals surface area contributed by atoms with Crippen molar-refractivity contribution in [1.82, 2.24) is 5.43 Å². The Morgan fingerprint density at radius 3 is 2.25 bits per heavy atom. The van der Waals surface area contributed by atoms with Crippen molar-refractivity contribution in [3.63, 3.8) is 0 Å². The predicted octanol–water partition coefficient (Wildman–Crippen LogP) is 4.72. The number of nitrogens with zero attached hydrogens (tertiary/aromatic N) is 1. The molecule has 0 aliphatic carbocycles. The summed E-state index contributed by atoms with van der Waals surface area (Å²) in [4.78, 5) is 24.3. The van der Waals surface area contributed by atoms with Crippen LogP contribution in [0, 0.1) is 0 Å². The molecule has 2 amide bonds. The van der Waals surface area contributed by atoms with E-state index < -0.39 is 0 Å². The van der Waals surface area contributed by atoms with Gasteiger partial charge < -0.3 is 10.1 Å². The van der Waals surface area contributed by atoms with Gasteiger partial charge in [-0.2, -0.15) is 5.10 Å². The minimum absolute atomic E-state index is 0.158. The summed E-state index contributed by atoms with van der Waals surface area (Å²) in [6.45, 7) is 1.82. The highest BCUT2D eigenvalue weighted by atomic mass is 32.2. The first kappa shape index (κ1) is 23.1. The van der Waals surface area contributed by atoms with Gasteiger partial charge in [-0.25, -0.2) is 5.43 Å². The second kappa shape index (κ2) is 11.7. The second-order valence-electron chi connectivity index (χ2n) is 6.97. The standard InChI is InChI=1S/C25H25N3O3S/c1-18(27-28-24(29)17-32-16-19-8-14-23(31-2)15-9-19)20-10-12-22(13-11-20)26-25(30)21-6-4-3-5-7-21/h3-15H,16-17H2,1-2H3,(H,26,30)(H,28,29)/b27-18+. The molecule has 0 heterocycles. The molecule has 0 spiro atoms. The number of hydrazone groups is 1. The smallest absolute Gasteiger partial charge is 0.255 e. The van der Waals surface area contributed by atoms with E-state index in [1.807, 2.05) is 73.7 Å². The van der Waals surface area contributed by atoms with E-state index in [4.69, 9.17) is 4.74 Å². The Labute approximate surface area is 192 Å². The number of carbonyl (C=O) groups excluding carboxylic acids is 2. The van der Waals surface area contributed by atoms with Gasteiger partial charge in [-0.3, -0.25) is 9.59 Å².